The molecule has 6 nitrogen and oxygen atoms in total. The van der Waals surface area contributed by atoms with Crippen molar-refractivity contribution in [3.8, 4) is 28.3 Å². The second-order valence-corrected chi connectivity index (χ2v) is 6.42. The fourth-order valence-electron chi connectivity index (χ4n) is 3.29. The molecule has 0 atom stereocenters. The van der Waals surface area contributed by atoms with Gasteiger partial charge >= 0.3 is 5.97 Å². The maximum Gasteiger partial charge on any atom is 0.335 e. The van der Waals surface area contributed by atoms with Gasteiger partial charge in [0.1, 0.15) is 11.4 Å². The monoisotopic (exact) mass is 373 g/mol. The molecule has 0 spiro atoms. The van der Waals surface area contributed by atoms with Crippen LogP contribution in [0.15, 0.2) is 54.6 Å². The summed E-state index contributed by atoms with van der Waals surface area (Å²) in [7, 11) is 1.64. The summed E-state index contributed by atoms with van der Waals surface area (Å²) >= 11 is 0. The van der Waals surface area contributed by atoms with Crippen LogP contribution in [0.4, 0.5) is 0 Å². The largest absolute Gasteiger partial charge is 0.497 e. The summed E-state index contributed by atoms with van der Waals surface area (Å²) in [5.41, 5.74) is 5.25. The predicted molar refractivity (Wildman–Crippen MR) is 108 cm³/mol. The lowest BCUT2D eigenvalue weighted by atomic mass is 10.00. The molecule has 4 rings (SSSR count). The molecule has 0 aliphatic carbocycles. The summed E-state index contributed by atoms with van der Waals surface area (Å²) in [5, 5.41) is 17.6. The number of carboxylic acid groups (broad SMARTS) is 1. The van der Waals surface area contributed by atoms with E-state index in [0.29, 0.717) is 17.6 Å². The highest BCUT2D eigenvalue weighted by atomic mass is 16.5. The Bertz CT molecular complexity index is 1160. The molecular weight excluding hydrogens is 354 g/mol. The number of hydrogen-bond donors (Lipinski definition) is 2. The van der Waals surface area contributed by atoms with E-state index in [1.54, 1.807) is 19.2 Å². The Morgan fingerprint density at radius 1 is 1.07 bits per heavy atom. The highest BCUT2D eigenvalue weighted by Gasteiger charge is 2.13. The lowest BCUT2D eigenvalue weighted by molar-refractivity contribution is 0.0695. The van der Waals surface area contributed by atoms with Crippen LogP contribution in [-0.2, 0) is 6.42 Å². The topological polar surface area (TPSA) is 88.1 Å². The summed E-state index contributed by atoms with van der Waals surface area (Å²) < 4.78 is 5.20. The number of methoxy groups -OCH3 is 1. The Labute approximate surface area is 161 Å². The van der Waals surface area contributed by atoms with E-state index < -0.39 is 5.97 Å². The molecule has 2 heterocycles. The molecule has 28 heavy (non-hydrogen) atoms. The Morgan fingerprint density at radius 2 is 1.82 bits per heavy atom. The van der Waals surface area contributed by atoms with Gasteiger partial charge in [-0.1, -0.05) is 13.0 Å². The molecule has 0 saturated heterocycles. The van der Waals surface area contributed by atoms with E-state index in [0.717, 1.165) is 39.2 Å². The second kappa shape index (κ2) is 7.15. The van der Waals surface area contributed by atoms with E-state index >= 15 is 0 Å². The van der Waals surface area contributed by atoms with Crippen molar-refractivity contribution < 1.29 is 14.6 Å². The summed E-state index contributed by atoms with van der Waals surface area (Å²) in [6.07, 6.45) is 0.642. The maximum absolute atomic E-state index is 11.3. The minimum atomic E-state index is -0.912. The summed E-state index contributed by atoms with van der Waals surface area (Å²) in [5.74, 6) is -0.120. The van der Waals surface area contributed by atoms with Crippen molar-refractivity contribution in [2.45, 2.75) is 13.3 Å². The number of aromatic amines is 1. The average molecular weight is 373 g/mol. The number of ether oxygens (including phenoxy) is 1. The van der Waals surface area contributed by atoms with Crippen molar-refractivity contribution in [3.63, 3.8) is 0 Å². The van der Waals surface area contributed by atoms with E-state index in [2.05, 4.69) is 15.2 Å². The lowest BCUT2D eigenvalue weighted by Gasteiger charge is -2.07. The summed E-state index contributed by atoms with van der Waals surface area (Å²) in [4.78, 5) is 16.0. The molecule has 4 aromatic rings. The smallest absolute Gasteiger partial charge is 0.335 e. The number of benzene rings is 2. The Kier molecular flexibility index (Phi) is 4.53. The zero-order valence-electron chi connectivity index (χ0n) is 15.6. The van der Waals surface area contributed by atoms with E-state index in [1.807, 2.05) is 49.4 Å². The fraction of sp³-hybridized carbons (Fsp3) is 0.136. The van der Waals surface area contributed by atoms with Crippen LogP contribution in [0.5, 0.6) is 5.75 Å². The van der Waals surface area contributed by atoms with Crippen LogP contribution in [0.3, 0.4) is 0 Å². The van der Waals surface area contributed by atoms with Gasteiger partial charge < -0.3 is 9.84 Å². The van der Waals surface area contributed by atoms with Gasteiger partial charge in [0, 0.05) is 16.5 Å². The van der Waals surface area contributed by atoms with Gasteiger partial charge in [-0.25, -0.2) is 9.78 Å². The number of rotatable bonds is 5. The Hall–Kier alpha value is -3.67. The molecule has 0 fully saturated rings. The van der Waals surface area contributed by atoms with Gasteiger partial charge in [0.15, 0.2) is 5.65 Å². The first-order chi connectivity index (χ1) is 13.6. The third-order valence-electron chi connectivity index (χ3n) is 4.80. The van der Waals surface area contributed by atoms with Crippen LogP contribution < -0.4 is 4.74 Å². The first-order valence-corrected chi connectivity index (χ1v) is 8.97. The number of nitrogens with one attached hydrogen (secondary N) is 1. The predicted octanol–water partition coefficient (Wildman–Crippen LogP) is 4.56. The van der Waals surface area contributed by atoms with Gasteiger partial charge in [-0.05, 0) is 60.5 Å². The number of fused-ring (bicyclic) bond motifs is 1. The number of hydrogen-bond acceptors (Lipinski definition) is 4. The molecule has 0 radical (unpaired) electrons. The molecule has 2 aromatic heterocycles. The number of carbonyl (C=O) groups is 1. The third kappa shape index (κ3) is 3.09. The molecule has 0 amide bonds. The van der Waals surface area contributed by atoms with Crippen molar-refractivity contribution in [2.75, 3.05) is 7.11 Å². The van der Waals surface area contributed by atoms with Crippen molar-refractivity contribution in [1.29, 1.82) is 0 Å². The van der Waals surface area contributed by atoms with E-state index in [9.17, 15) is 9.90 Å². The molecule has 6 heteroatoms. The van der Waals surface area contributed by atoms with Gasteiger partial charge in [0.25, 0.3) is 0 Å². The number of nitrogens with zero attached hydrogens (tertiary/aromatic N) is 2. The molecule has 0 saturated carbocycles. The fourth-order valence-corrected chi connectivity index (χ4v) is 3.29. The Balaban J connectivity index is 1.74. The van der Waals surface area contributed by atoms with Crippen molar-refractivity contribution >= 4 is 17.0 Å². The van der Waals surface area contributed by atoms with Gasteiger partial charge in [-0.2, -0.15) is 5.10 Å². The zero-order valence-corrected chi connectivity index (χ0v) is 15.6. The van der Waals surface area contributed by atoms with Crippen LogP contribution in [0.2, 0.25) is 0 Å². The molecular formula is C22H19N3O3. The number of pyridine rings is 1. The molecule has 0 aliphatic heterocycles. The van der Waals surface area contributed by atoms with Gasteiger partial charge in [-0.15, -0.1) is 0 Å². The van der Waals surface area contributed by atoms with E-state index in [4.69, 9.17) is 4.74 Å². The number of aryl methyl sites for hydroxylation is 1. The van der Waals surface area contributed by atoms with E-state index in [1.165, 1.54) is 0 Å². The molecule has 2 N–H and O–H groups in total. The van der Waals surface area contributed by atoms with Gasteiger partial charge in [-0.3, -0.25) is 5.10 Å². The first-order valence-electron chi connectivity index (χ1n) is 8.97. The van der Waals surface area contributed by atoms with Gasteiger partial charge in [0.2, 0.25) is 0 Å². The number of aromatic nitrogens is 3. The average Bonchev–Trinajstić information content (AvgIpc) is 3.16. The van der Waals surface area contributed by atoms with Crippen LogP contribution in [0.25, 0.3) is 33.5 Å². The molecule has 140 valence electrons. The van der Waals surface area contributed by atoms with E-state index in [-0.39, 0.29) is 0 Å². The highest BCUT2D eigenvalue weighted by molar-refractivity contribution is 5.93. The molecule has 0 aliphatic rings. The van der Waals surface area contributed by atoms with Crippen molar-refractivity contribution in [1.82, 2.24) is 15.2 Å². The first kappa shape index (κ1) is 17.7. The van der Waals surface area contributed by atoms with Crippen LogP contribution in [-0.4, -0.2) is 33.4 Å². The van der Waals surface area contributed by atoms with Crippen LogP contribution in [0.1, 0.15) is 22.8 Å². The molecule has 0 unspecified atom stereocenters. The summed E-state index contributed by atoms with van der Waals surface area (Å²) in [6, 6.07) is 16.9. The number of aromatic carboxylic acids is 1. The standard InChI is InChI=1S/C22H19N3O3/c1-3-13-12-15(6-9-17(13)22(26)27)19-11-10-18-20(24-25-21(18)23-19)14-4-7-16(28-2)8-5-14/h4-12H,3H2,1-2H3,(H,26,27)(H,23,24,25). The van der Waals surface area contributed by atoms with Crippen molar-refractivity contribution in [2.24, 2.45) is 0 Å². The quantitative estimate of drug-likeness (QED) is 0.535. The molecule has 0 bridgehead atoms. The number of H-pyrrole nitrogens is 1. The molecule has 2 aromatic carbocycles. The van der Waals surface area contributed by atoms with Crippen LogP contribution in [0, 0.1) is 0 Å². The normalized spacial score (nSPS) is 10.9. The van der Waals surface area contributed by atoms with Gasteiger partial charge in [0.05, 0.1) is 18.4 Å². The SMILES string of the molecule is CCc1cc(-c2ccc3c(-c4ccc(OC)cc4)n[nH]c3n2)ccc1C(=O)O. The summed E-state index contributed by atoms with van der Waals surface area (Å²) in [6.45, 7) is 1.94. The maximum atomic E-state index is 11.3. The lowest BCUT2D eigenvalue weighted by Crippen LogP contribution is -2.02. The second-order valence-electron chi connectivity index (χ2n) is 6.42. The highest BCUT2D eigenvalue weighted by Crippen LogP contribution is 2.29. The minimum absolute atomic E-state index is 0.329. The number of carboxylic acids is 1. The minimum Gasteiger partial charge on any atom is -0.497 e. The third-order valence-corrected chi connectivity index (χ3v) is 4.80. The zero-order chi connectivity index (χ0) is 19.7. The Morgan fingerprint density at radius 3 is 2.50 bits per heavy atom. The van der Waals surface area contributed by atoms with Crippen LogP contribution >= 0.6 is 0 Å². The van der Waals surface area contributed by atoms with Crippen molar-refractivity contribution in [3.05, 3.63) is 65.7 Å².